The lowest BCUT2D eigenvalue weighted by molar-refractivity contribution is 0.540. The Morgan fingerprint density at radius 1 is 1.47 bits per heavy atom. The van der Waals surface area contributed by atoms with Gasteiger partial charge in [-0.2, -0.15) is 5.10 Å². The van der Waals surface area contributed by atoms with Crippen molar-refractivity contribution < 1.29 is 0 Å². The molecule has 1 aliphatic rings. The van der Waals surface area contributed by atoms with Gasteiger partial charge in [0.1, 0.15) is 0 Å². The number of hydrogen-bond donors (Lipinski definition) is 1. The maximum Gasteiger partial charge on any atom is 0.0722 e. The average molecular weight is 235 g/mol. The fraction of sp³-hybridized carbons (Fsp3) is 0.786. The summed E-state index contributed by atoms with van der Waals surface area (Å²) in [7, 11) is 2.00. The van der Waals surface area contributed by atoms with Gasteiger partial charge in [-0.25, -0.2) is 0 Å². The molecule has 1 aromatic heterocycles. The highest BCUT2D eigenvalue weighted by atomic mass is 15.3. The topological polar surface area (TPSA) is 29.9 Å². The summed E-state index contributed by atoms with van der Waals surface area (Å²) >= 11 is 0. The number of aromatic nitrogens is 2. The highest BCUT2D eigenvalue weighted by Crippen LogP contribution is 2.33. The highest BCUT2D eigenvalue weighted by Gasteiger charge is 2.35. The number of nitrogens with one attached hydrogen (secondary N) is 1. The maximum absolute atomic E-state index is 4.60. The average Bonchev–Trinajstić information content (AvgIpc) is 2.89. The van der Waals surface area contributed by atoms with E-state index in [4.69, 9.17) is 0 Å². The van der Waals surface area contributed by atoms with Crippen LogP contribution in [0.3, 0.4) is 0 Å². The van der Waals surface area contributed by atoms with Crippen molar-refractivity contribution >= 4 is 0 Å². The summed E-state index contributed by atoms with van der Waals surface area (Å²) in [6.45, 7) is 9.92. The van der Waals surface area contributed by atoms with Crippen LogP contribution in [-0.4, -0.2) is 15.8 Å². The SMILES string of the molecule is CCC1CC1NCc1cn(C)nc1C(C)(C)C. The molecule has 2 unspecified atom stereocenters. The van der Waals surface area contributed by atoms with Gasteiger partial charge in [-0.05, 0) is 12.3 Å². The minimum atomic E-state index is 0.131. The fourth-order valence-corrected chi connectivity index (χ4v) is 2.49. The number of nitrogens with zero attached hydrogens (tertiary/aromatic N) is 2. The predicted octanol–water partition coefficient (Wildman–Crippen LogP) is 2.61. The molecule has 3 nitrogen and oxygen atoms in total. The van der Waals surface area contributed by atoms with E-state index in [9.17, 15) is 0 Å². The molecule has 2 atom stereocenters. The summed E-state index contributed by atoms with van der Waals surface area (Å²) in [5, 5.41) is 8.24. The van der Waals surface area contributed by atoms with Crippen LogP contribution in [0, 0.1) is 5.92 Å². The van der Waals surface area contributed by atoms with E-state index < -0.39 is 0 Å². The summed E-state index contributed by atoms with van der Waals surface area (Å²) in [4.78, 5) is 0. The Hall–Kier alpha value is -0.830. The largest absolute Gasteiger partial charge is 0.310 e. The molecule has 1 heterocycles. The Morgan fingerprint density at radius 3 is 2.71 bits per heavy atom. The molecule has 0 aliphatic heterocycles. The Kier molecular flexibility index (Phi) is 3.30. The molecule has 1 fully saturated rings. The predicted molar refractivity (Wildman–Crippen MR) is 70.9 cm³/mol. The number of rotatable bonds is 4. The zero-order valence-corrected chi connectivity index (χ0v) is 11.7. The monoisotopic (exact) mass is 235 g/mol. The molecule has 0 saturated heterocycles. The molecule has 17 heavy (non-hydrogen) atoms. The van der Waals surface area contributed by atoms with Crippen LogP contribution >= 0.6 is 0 Å². The molecular formula is C14H25N3. The normalized spacial score (nSPS) is 24.1. The summed E-state index contributed by atoms with van der Waals surface area (Å²) < 4.78 is 1.93. The molecule has 1 N–H and O–H groups in total. The van der Waals surface area contributed by atoms with Crippen LogP contribution < -0.4 is 5.32 Å². The van der Waals surface area contributed by atoms with Crippen LogP contribution in [0.5, 0.6) is 0 Å². The van der Waals surface area contributed by atoms with Gasteiger partial charge in [-0.15, -0.1) is 0 Å². The first-order chi connectivity index (χ1) is 7.91. The Labute approximate surface area is 105 Å². The molecule has 96 valence electrons. The van der Waals surface area contributed by atoms with Crippen molar-refractivity contribution in [2.24, 2.45) is 13.0 Å². The van der Waals surface area contributed by atoms with E-state index in [0.717, 1.165) is 18.5 Å². The van der Waals surface area contributed by atoms with Gasteiger partial charge in [0.25, 0.3) is 0 Å². The Bertz CT molecular complexity index is 387. The maximum atomic E-state index is 4.60. The molecule has 0 amide bonds. The minimum absolute atomic E-state index is 0.131. The van der Waals surface area contributed by atoms with E-state index in [-0.39, 0.29) is 5.41 Å². The number of hydrogen-bond acceptors (Lipinski definition) is 2. The third kappa shape index (κ3) is 2.89. The first-order valence-electron chi connectivity index (χ1n) is 6.68. The van der Waals surface area contributed by atoms with Crippen LogP contribution in [-0.2, 0) is 19.0 Å². The first kappa shape index (κ1) is 12.6. The van der Waals surface area contributed by atoms with Gasteiger partial charge in [0.2, 0.25) is 0 Å². The lowest BCUT2D eigenvalue weighted by Gasteiger charge is -2.17. The molecule has 1 aromatic rings. The van der Waals surface area contributed by atoms with Crippen LogP contribution in [0.15, 0.2) is 6.20 Å². The van der Waals surface area contributed by atoms with Crippen molar-refractivity contribution in [1.82, 2.24) is 15.1 Å². The highest BCUT2D eigenvalue weighted by molar-refractivity contribution is 5.24. The molecule has 1 saturated carbocycles. The van der Waals surface area contributed by atoms with Gasteiger partial charge >= 0.3 is 0 Å². The second-order valence-corrected chi connectivity index (χ2v) is 6.32. The van der Waals surface area contributed by atoms with Crippen molar-refractivity contribution in [2.45, 2.75) is 58.5 Å². The third-order valence-electron chi connectivity index (χ3n) is 3.62. The smallest absolute Gasteiger partial charge is 0.0722 e. The van der Waals surface area contributed by atoms with Crippen molar-refractivity contribution in [3.63, 3.8) is 0 Å². The van der Waals surface area contributed by atoms with Crippen molar-refractivity contribution in [2.75, 3.05) is 0 Å². The fourth-order valence-electron chi connectivity index (χ4n) is 2.49. The molecule has 3 heteroatoms. The van der Waals surface area contributed by atoms with Gasteiger partial charge in [0.05, 0.1) is 5.69 Å². The number of aryl methyl sites for hydroxylation is 1. The van der Waals surface area contributed by atoms with E-state index in [1.165, 1.54) is 24.1 Å². The van der Waals surface area contributed by atoms with Crippen LogP contribution in [0.25, 0.3) is 0 Å². The van der Waals surface area contributed by atoms with Gasteiger partial charge in [0.15, 0.2) is 0 Å². The summed E-state index contributed by atoms with van der Waals surface area (Å²) in [6, 6.07) is 0.744. The molecule has 0 spiro atoms. The summed E-state index contributed by atoms with van der Waals surface area (Å²) in [5.74, 6) is 0.907. The van der Waals surface area contributed by atoms with Gasteiger partial charge in [-0.3, -0.25) is 4.68 Å². The lowest BCUT2D eigenvalue weighted by Crippen LogP contribution is -2.21. The zero-order chi connectivity index (χ0) is 12.6. The van der Waals surface area contributed by atoms with E-state index in [1.54, 1.807) is 0 Å². The minimum Gasteiger partial charge on any atom is -0.310 e. The molecule has 0 aromatic carbocycles. The van der Waals surface area contributed by atoms with E-state index >= 15 is 0 Å². The van der Waals surface area contributed by atoms with Crippen LogP contribution in [0.1, 0.15) is 51.8 Å². The van der Waals surface area contributed by atoms with E-state index in [0.29, 0.717) is 0 Å². The van der Waals surface area contributed by atoms with Crippen LogP contribution in [0.2, 0.25) is 0 Å². The third-order valence-corrected chi connectivity index (χ3v) is 3.62. The lowest BCUT2D eigenvalue weighted by atomic mass is 9.89. The molecule has 0 radical (unpaired) electrons. The molecule has 2 rings (SSSR count). The van der Waals surface area contributed by atoms with Gasteiger partial charge < -0.3 is 5.32 Å². The molecular weight excluding hydrogens is 210 g/mol. The molecule has 0 bridgehead atoms. The summed E-state index contributed by atoms with van der Waals surface area (Å²) in [5.41, 5.74) is 2.70. The zero-order valence-electron chi connectivity index (χ0n) is 11.7. The van der Waals surface area contributed by atoms with Crippen LogP contribution in [0.4, 0.5) is 0 Å². The quantitative estimate of drug-likeness (QED) is 0.869. The Morgan fingerprint density at radius 2 is 2.18 bits per heavy atom. The second kappa shape index (κ2) is 4.45. The van der Waals surface area contributed by atoms with Gasteiger partial charge in [0, 0.05) is 36.8 Å². The van der Waals surface area contributed by atoms with Gasteiger partial charge in [-0.1, -0.05) is 34.1 Å². The summed E-state index contributed by atoms with van der Waals surface area (Å²) in [6.07, 6.45) is 4.80. The van der Waals surface area contributed by atoms with Crippen molar-refractivity contribution in [3.05, 3.63) is 17.5 Å². The first-order valence-corrected chi connectivity index (χ1v) is 6.68. The van der Waals surface area contributed by atoms with E-state index in [2.05, 4.69) is 44.3 Å². The second-order valence-electron chi connectivity index (χ2n) is 6.32. The van der Waals surface area contributed by atoms with E-state index in [1.807, 2.05) is 11.7 Å². The standard InChI is InChI=1S/C14H25N3/c1-6-10-7-12(10)15-8-11-9-17(5)16-13(11)14(2,3)4/h9-10,12,15H,6-8H2,1-5H3. The Balaban J connectivity index is 2.01. The van der Waals surface area contributed by atoms with Crippen molar-refractivity contribution in [3.8, 4) is 0 Å². The molecule has 1 aliphatic carbocycles. The van der Waals surface area contributed by atoms with Crippen molar-refractivity contribution in [1.29, 1.82) is 0 Å².